The molecule has 170 valence electrons. The standard InChI is InChI=1S/C26H25NO6/c1-5-32-26(31)21-15(2)22(27-16(21)3)23(28)17(4)33-25(30)20-14-10-9-13-19(20)24(29)18-11-7-6-8-12-18/h6-14,17,27H,5H2,1-4H3. The summed E-state index contributed by atoms with van der Waals surface area (Å²) in [5, 5.41) is 0. The fourth-order valence-corrected chi connectivity index (χ4v) is 3.59. The molecule has 3 rings (SSSR count). The maximum Gasteiger partial charge on any atom is 0.340 e. The lowest BCUT2D eigenvalue weighted by Crippen LogP contribution is -2.26. The lowest BCUT2D eigenvalue weighted by molar-refractivity contribution is 0.0315. The Bertz CT molecular complexity index is 1210. The third-order valence-electron chi connectivity index (χ3n) is 5.24. The second kappa shape index (κ2) is 10.1. The van der Waals surface area contributed by atoms with Crippen LogP contribution < -0.4 is 0 Å². The number of hydrogen-bond donors (Lipinski definition) is 1. The van der Waals surface area contributed by atoms with Crippen LogP contribution in [-0.4, -0.2) is 41.2 Å². The molecule has 0 saturated carbocycles. The van der Waals surface area contributed by atoms with E-state index < -0.39 is 23.8 Å². The topological polar surface area (TPSA) is 103 Å². The number of carbonyl (C=O) groups is 4. The number of nitrogens with one attached hydrogen (secondary N) is 1. The maximum atomic E-state index is 13.0. The fourth-order valence-electron chi connectivity index (χ4n) is 3.59. The molecule has 1 heterocycles. The summed E-state index contributed by atoms with van der Waals surface area (Å²) in [4.78, 5) is 53.9. The first-order valence-corrected chi connectivity index (χ1v) is 10.6. The van der Waals surface area contributed by atoms with Gasteiger partial charge in [0.15, 0.2) is 11.9 Å². The second-order valence-corrected chi connectivity index (χ2v) is 7.50. The normalized spacial score (nSPS) is 11.5. The van der Waals surface area contributed by atoms with E-state index in [0.717, 1.165) is 0 Å². The number of hydrogen-bond acceptors (Lipinski definition) is 6. The highest BCUT2D eigenvalue weighted by Crippen LogP contribution is 2.22. The van der Waals surface area contributed by atoms with Crippen molar-refractivity contribution in [3.63, 3.8) is 0 Å². The quantitative estimate of drug-likeness (QED) is 0.404. The van der Waals surface area contributed by atoms with Crippen LogP contribution in [0.1, 0.15) is 72.2 Å². The molecule has 0 radical (unpaired) electrons. The van der Waals surface area contributed by atoms with Gasteiger partial charge in [0.25, 0.3) is 0 Å². The smallest absolute Gasteiger partial charge is 0.340 e. The highest BCUT2D eigenvalue weighted by molar-refractivity contribution is 6.14. The third-order valence-corrected chi connectivity index (χ3v) is 5.24. The highest BCUT2D eigenvalue weighted by Gasteiger charge is 2.29. The van der Waals surface area contributed by atoms with Gasteiger partial charge in [0, 0.05) is 16.8 Å². The van der Waals surface area contributed by atoms with Crippen molar-refractivity contribution >= 4 is 23.5 Å². The van der Waals surface area contributed by atoms with Crippen molar-refractivity contribution < 1.29 is 28.7 Å². The number of carbonyl (C=O) groups excluding carboxylic acids is 4. The van der Waals surface area contributed by atoms with Gasteiger partial charge in [-0.3, -0.25) is 9.59 Å². The molecule has 33 heavy (non-hydrogen) atoms. The largest absolute Gasteiger partial charge is 0.462 e. The lowest BCUT2D eigenvalue weighted by Gasteiger charge is -2.14. The molecule has 7 nitrogen and oxygen atoms in total. The van der Waals surface area contributed by atoms with E-state index in [-0.39, 0.29) is 34.8 Å². The SMILES string of the molecule is CCOC(=O)c1c(C)[nH]c(C(=O)C(C)OC(=O)c2ccccc2C(=O)c2ccccc2)c1C. The molecule has 1 N–H and O–H groups in total. The van der Waals surface area contributed by atoms with Crippen molar-refractivity contribution in [2.24, 2.45) is 0 Å². The third kappa shape index (κ3) is 4.92. The van der Waals surface area contributed by atoms with Gasteiger partial charge in [-0.25, -0.2) is 9.59 Å². The fraction of sp³-hybridized carbons (Fsp3) is 0.231. The molecule has 1 atom stereocenters. The summed E-state index contributed by atoms with van der Waals surface area (Å²) >= 11 is 0. The highest BCUT2D eigenvalue weighted by atomic mass is 16.5. The average molecular weight is 447 g/mol. The molecule has 0 fully saturated rings. The van der Waals surface area contributed by atoms with E-state index in [2.05, 4.69) is 4.98 Å². The number of H-pyrrole nitrogens is 1. The summed E-state index contributed by atoms with van der Waals surface area (Å²) in [6.45, 7) is 6.65. The summed E-state index contributed by atoms with van der Waals surface area (Å²) in [6.07, 6.45) is -1.15. The zero-order valence-corrected chi connectivity index (χ0v) is 18.9. The molecule has 2 aromatic carbocycles. The van der Waals surface area contributed by atoms with Crippen molar-refractivity contribution in [2.75, 3.05) is 6.61 Å². The van der Waals surface area contributed by atoms with Crippen molar-refractivity contribution in [1.29, 1.82) is 0 Å². The van der Waals surface area contributed by atoms with Gasteiger partial charge in [-0.2, -0.15) is 0 Å². The molecule has 0 bridgehead atoms. The molecule has 0 aliphatic carbocycles. The van der Waals surface area contributed by atoms with E-state index in [4.69, 9.17) is 9.47 Å². The maximum absolute atomic E-state index is 13.0. The Balaban J connectivity index is 1.82. The monoisotopic (exact) mass is 447 g/mol. The number of ether oxygens (including phenoxy) is 2. The number of rotatable bonds is 8. The Morgan fingerprint density at radius 3 is 2.12 bits per heavy atom. The van der Waals surface area contributed by atoms with Gasteiger partial charge in [-0.05, 0) is 39.3 Å². The van der Waals surface area contributed by atoms with Gasteiger partial charge in [-0.15, -0.1) is 0 Å². The van der Waals surface area contributed by atoms with Crippen LogP contribution in [-0.2, 0) is 9.47 Å². The molecule has 1 unspecified atom stereocenters. The molecule has 1 aromatic heterocycles. The molecule has 7 heteroatoms. The van der Waals surface area contributed by atoms with Gasteiger partial charge >= 0.3 is 11.9 Å². The predicted octanol–water partition coefficient (Wildman–Crippen LogP) is 4.47. The number of aryl methyl sites for hydroxylation is 1. The number of aromatic nitrogens is 1. The predicted molar refractivity (Wildman–Crippen MR) is 122 cm³/mol. The van der Waals surface area contributed by atoms with Crippen molar-refractivity contribution in [3.8, 4) is 0 Å². The van der Waals surface area contributed by atoms with Crippen molar-refractivity contribution in [1.82, 2.24) is 4.98 Å². The molecule has 0 saturated heterocycles. The molecule has 0 amide bonds. The number of benzene rings is 2. The number of Topliss-reactive ketones (excluding diaryl/α,β-unsaturated/α-hetero) is 1. The van der Waals surface area contributed by atoms with Crippen molar-refractivity contribution in [2.45, 2.75) is 33.8 Å². The minimum atomic E-state index is -1.15. The number of esters is 2. The molecule has 0 aliphatic heterocycles. The van der Waals surface area contributed by atoms with Crippen LogP contribution in [0.5, 0.6) is 0 Å². The lowest BCUT2D eigenvalue weighted by atomic mass is 9.98. The first-order chi connectivity index (χ1) is 15.8. The van der Waals surface area contributed by atoms with E-state index >= 15 is 0 Å². The van der Waals surface area contributed by atoms with Gasteiger partial charge < -0.3 is 14.5 Å². The number of ketones is 2. The van der Waals surface area contributed by atoms with Crippen LogP contribution in [0.2, 0.25) is 0 Å². The molecule has 3 aromatic rings. The van der Waals surface area contributed by atoms with Gasteiger partial charge in [0.1, 0.15) is 0 Å². The van der Waals surface area contributed by atoms with E-state index in [1.54, 1.807) is 69.3 Å². The van der Waals surface area contributed by atoms with Crippen LogP contribution >= 0.6 is 0 Å². The van der Waals surface area contributed by atoms with Gasteiger partial charge in [0.2, 0.25) is 5.78 Å². The second-order valence-electron chi connectivity index (χ2n) is 7.50. The Kier molecular flexibility index (Phi) is 7.23. The summed E-state index contributed by atoms with van der Waals surface area (Å²) in [5.41, 5.74) is 2.07. The van der Waals surface area contributed by atoms with E-state index in [0.29, 0.717) is 16.8 Å². The van der Waals surface area contributed by atoms with Crippen LogP contribution in [0.4, 0.5) is 0 Å². The van der Waals surface area contributed by atoms with Crippen LogP contribution in [0, 0.1) is 13.8 Å². The summed E-state index contributed by atoms with van der Waals surface area (Å²) in [6, 6.07) is 14.9. The minimum Gasteiger partial charge on any atom is -0.462 e. The summed E-state index contributed by atoms with van der Waals surface area (Å²) < 4.78 is 10.5. The Labute approximate surface area is 191 Å². The molecule has 0 spiro atoms. The summed E-state index contributed by atoms with van der Waals surface area (Å²) in [5.74, 6) is -2.13. The van der Waals surface area contributed by atoms with Crippen LogP contribution in [0.15, 0.2) is 54.6 Å². The van der Waals surface area contributed by atoms with Crippen molar-refractivity contribution in [3.05, 3.63) is 93.8 Å². The van der Waals surface area contributed by atoms with E-state index in [1.165, 1.54) is 13.0 Å². The Morgan fingerprint density at radius 2 is 1.48 bits per heavy atom. The molecule has 0 aliphatic rings. The summed E-state index contributed by atoms with van der Waals surface area (Å²) in [7, 11) is 0. The first kappa shape index (κ1) is 23.7. The minimum absolute atomic E-state index is 0.0672. The van der Waals surface area contributed by atoms with E-state index in [1.807, 2.05) is 0 Å². The van der Waals surface area contributed by atoms with Gasteiger partial charge in [-0.1, -0.05) is 48.5 Å². The average Bonchev–Trinajstić information content (AvgIpc) is 3.12. The number of aromatic amines is 1. The van der Waals surface area contributed by atoms with Gasteiger partial charge in [0.05, 0.1) is 23.4 Å². The van der Waals surface area contributed by atoms with E-state index in [9.17, 15) is 19.2 Å². The van der Waals surface area contributed by atoms with Crippen LogP contribution in [0.3, 0.4) is 0 Å². The molecular weight excluding hydrogens is 422 g/mol. The molecular formula is C26H25NO6. The zero-order chi connectivity index (χ0) is 24.1. The van der Waals surface area contributed by atoms with Crippen LogP contribution in [0.25, 0.3) is 0 Å². The Hall–Kier alpha value is -4.00. The zero-order valence-electron chi connectivity index (χ0n) is 18.9. The first-order valence-electron chi connectivity index (χ1n) is 10.6. The Morgan fingerprint density at radius 1 is 0.879 bits per heavy atom.